The zero-order valence-corrected chi connectivity index (χ0v) is 16.0. The summed E-state index contributed by atoms with van der Waals surface area (Å²) in [5, 5.41) is 5.35. The van der Waals surface area contributed by atoms with Crippen LogP contribution in [0.25, 0.3) is 10.8 Å². The number of rotatable bonds is 6. The van der Waals surface area contributed by atoms with Gasteiger partial charge in [-0.25, -0.2) is 9.97 Å². The van der Waals surface area contributed by atoms with Gasteiger partial charge in [-0.3, -0.25) is 4.79 Å². The lowest BCUT2D eigenvalue weighted by Crippen LogP contribution is -2.32. The molecule has 6 nitrogen and oxygen atoms in total. The Morgan fingerprint density at radius 1 is 1.14 bits per heavy atom. The van der Waals surface area contributed by atoms with Crippen LogP contribution in [-0.2, 0) is 4.79 Å². The van der Waals surface area contributed by atoms with Crippen LogP contribution in [0.3, 0.4) is 0 Å². The average Bonchev–Trinajstić information content (AvgIpc) is 3.23. The lowest BCUT2D eigenvalue weighted by atomic mass is 9.96. The number of benzene rings is 2. The third kappa shape index (κ3) is 3.63. The van der Waals surface area contributed by atoms with E-state index in [0.717, 1.165) is 35.9 Å². The molecular weight excluding hydrogens is 352 g/mol. The fraction of sp³-hybridized carbons (Fsp3) is 0.318. The first-order chi connectivity index (χ1) is 13.8. The van der Waals surface area contributed by atoms with Crippen LogP contribution in [0.4, 0.5) is 5.95 Å². The number of carbonyl (C=O) groups is 1. The Morgan fingerprint density at radius 2 is 1.93 bits per heavy atom. The van der Waals surface area contributed by atoms with E-state index in [0.29, 0.717) is 18.9 Å². The molecule has 0 bridgehead atoms. The first kappa shape index (κ1) is 18.2. The normalized spacial score (nSPS) is 16.3. The summed E-state index contributed by atoms with van der Waals surface area (Å²) in [6.45, 7) is 1.32. The van der Waals surface area contributed by atoms with Gasteiger partial charge >= 0.3 is 0 Å². The van der Waals surface area contributed by atoms with Crippen molar-refractivity contribution in [3.05, 3.63) is 60.4 Å². The third-order valence-electron chi connectivity index (χ3n) is 5.26. The van der Waals surface area contributed by atoms with Crippen LogP contribution in [0.1, 0.15) is 30.9 Å². The molecule has 1 unspecified atom stereocenters. The number of hydrogen-bond donors (Lipinski definition) is 1. The maximum absolute atomic E-state index is 12.9. The minimum atomic E-state index is 0.108. The van der Waals surface area contributed by atoms with Gasteiger partial charge in [0.05, 0.1) is 13.2 Å². The molecule has 1 aliphatic heterocycles. The predicted octanol–water partition coefficient (Wildman–Crippen LogP) is 3.80. The standard InChI is InChI=1S/C22H24N4O2/c1-28-20-10-9-17(16-6-2-3-7-18(16)20)19-8-4-15-26(19)21(27)11-14-25-22-23-12-5-13-24-22/h2-3,5-7,9-10,12-13,19H,4,8,11,14-15H2,1H3,(H,23,24,25). The van der Waals surface area contributed by atoms with Crippen molar-refractivity contribution in [1.82, 2.24) is 14.9 Å². The fourth-order valence-corrected chi connectivity index (χ4v) is 3.97. The summed E-state index contributed by atoms with van der Waals surface area (Å²) in [5.41, 5.74) is 1.20. The Kier molecular flexibility index (Phi) is 5.37. The summed E-state index contributed by atoms with van der Waals surface area (Å²) in [6.07, 6.45) is 5.79. The molecule has 0 spiro atoms. The molecule has 0 saturated carbocycles. The smallest absolute Gasteiger partial charge is 0.224 e. The molecule has 0 radical (unpaired) electrons. The summed E-state index contributed by atoms with van der Waals surface area (Å²) in [5.74, 6) is 1.57. The molecule has 2 heterocycles. The van der Waals surface area contributed by atoms with Crippen molar-refractivity contribution in [3.63, 3.8) is 0 Å². The highest BCUT2D eigenvalue weighted by atomic mass is 16.5. The van der Waals surface area contributed by atoms with Crippen molar-refractivity contribution in [2.45, 2.75) is 25.3 Å². The van der Waals surface area contributed by atoms with E-state index in [1.54, 1.807) is 25.6 Å². The summed E-state index contributed by atoms with van der Waals surface area (Å²) in [7, 11) is 1.69. The number of methoxy groups -OCH3 is 1. The number of likely N-dealkylation sites (tertiary alicyclic amines) is 1. The Morgan fingerprint density at radius 3 is 2.71 bits per heavy atom. The summed E-state index contributed by atoms with van der Waals surface area (Å²) in [4.78, 5) is 23.2. The van der Waals surface area contributed by atoms with Gasteiger partial charge in [-0.15, -0.1) is 0 Å². The molecule has 1 aliphatic rings. The second-order valence-corrected chi connectivity index (χ2v) is 6.90. The maximum Gasteiger partial charge on any atom is 0.224 e. The molecule has 144 valence electrons. The number of nitrogens with zero attached hydrogens (tertiary/aromatic N) is 3. The van der Waals surface area contributed by atoms with Gasteiger partial charge in [-0.1, -0.05) is 30.3 Å². The molecule has 1 fully saturated rings. The number of nitrogens with one attached hydrogen (secondary N) is 1. The molecule has 28 heavy (non-hydrogen) atoms. The van der Waals surface area contributed by atoms with E-state index >= 15 is 0 Å². The minimum absolute atomic E-state index is 0.108. The molecular formula is C22H24N4O2. The zero-order chi connectivity index (χ0) is 19.3. The predicted molar refractivity (Wildman–Crippen MR) is 109 cm³/mol. The second kappa shape index (κ2) is 8.25. The SMILES string of the molecule is COc1ccc(C2CCCN2C(=O)CCNc2ncccn2)c2ccccc12. The number of fused-ring (bicyclic) bond motifs is 1. The number of aromatic nitrogens is 2. The van der Waals surface area contributed by atoms with Crippen LogP contribution < -0.4 is 10.1 Å². The molecule has 1 amide bonds. The van der Waals surface area contributed by atoms with Gasteiger partial charge in [-0.2, -0.15) is 0 Å². The number of anilines is 1. The van der Waals surface area contributed by atoms with Gasteiger partial charge < -0.3 is 15.0 Å². The summed E-state index contributed by atoms with van der Waals surface area (Å²) in [6, 6.07) is 14.2. The first-order valence-corrected chi connectivity index (χ1v) is 9.64. The Hall–Kier alpha value is -3.15. The van der Waals surface area contributed by atoms with Gasteiger partial charge in [-0.05, 0) is 35.9 Å². The summed E-state index contributed by atoms with van der Waals surface area (Å²) >= 11 is 0. The van der Waals surface area contributed by atoms with E-state index in [1.807, 2.05) is 23.1 Å². The molecule has 4 rings (SSSR count). The van der Waals surface area contributed by atoms with Crippen LogP contribution in [0.2, 0.25) is 0 Å². The van der Waals surface area contributed by atoms with Crippen LogP contribution in [-0.4, -0.2) is 41.0 Å². The minimum Gasteiger partial charge on any atom is -0.496 e. The number of carbonyl (C=O) groups excluding carboxylic acids is 1. The molecule has 3 aromatic rings. The van der Waals surface area contributed by atoms with Crippen LogP contribution in [0.5, 0.6) is 5.75 Å². The second-order valence-electron chi connectivity index (χ2n) is 6.90. The zero-order valence-electron chi connectivity index (χ0n) is 16.0. The highest BCUT2D eigenvalue weighted by Gasteiger charge is 2.30. The average molecular weight is 376 g/mol. The van der Waals surface area contributed by atoms with Crippen molar-refractivity contribution in [2.24, 2.45) is 0 Å². The van der Waals surface area contributed by atoms with Gasteiger partial charge in [0, 0.05) is 37.3 Å². The first-order valence-electron chi connectivity index (χ1n) is 9.64. The molecule has 1 atom stereocenters. The Balaban J connectivity index is 1.51. The highest BCUT2D eigenvalue weighted by Crippen LogP contribution is 2.38. The quantitative estimate of drug-likeness (QED) is 0.709. The van der Waals surface area contributed by atoms with Gasteiger partial charge in [0.2, 0.25) is 11.9 Å². The lowest BCUT2D eigenvalue weighted by Gasteiger charge is -2.26. The largest absolute Gasteiger partial charge is 0.496 e. The topological polar surface area (TPSA) is 67.3 Å². The molecule has 0 aliphatic carbocycles. The Bertz CT molecular complexity index is 961. The van der Waals surface area contributed by atoms with Crippen LogP contribution in [0, 0.1) is 0 Å². The van der Waals surface area contributed by atoms with Gasteiger partial charge in [0.1, 0.15) is 5.75 Å². The molecule has 6 heteroatoms. The maximum atomic E-state index is 12.9. The van der Waals surface area contributed by atoms with Crippen molar-refractivity contribution in [2.75, 3.05) is 25.5 Å². The fourth-order valence-electron chi connectivity index (χ4n) is 3.97. The van der Waals surface area contributed by atoms with E-state index in [-0.39, 0.29) is 11.9 Å². The number of hydrogen-bond acceptors (Lipinski definition) is 5. The van der Waals surface area contributed by atoms with Gasteiger partial charge in [0.25, 0.3) is 0 Å². The number of ether oxygens (including phenoxy) is 1. The molecule has 1 aromatic heterocycles. The van der Waals surface area contributed by atoms with Crippen molar-refractivity contribution < 1.29 is 9.53 Å². The van der Waals surface area contributed by atoms with Crippen LogP contribution in [0.15, 0.2) is 54.9 Å². The lowest BCUT2D eigenvalue weighted by molar-refractivity contribution is -0.131. The van der Waals surface area contributed by atoms with Gasteiger partial charge in [0.15, 0.2) is 0 Å². The highest BCUT2D eigenvalue weighted by molar-refractivity contribution is 5.92. The van der Waals surface area contributed by atoms with E-state index in [2.05, 4.69) is 33.5 Å². The Labute approximate surface area is 164 Å². The molecule has 1 saturated heterocycles. The van der Waals surface area contributed by atoms with Crippen molar-refractivity contribution >= 4 is 22.6 Å². The molecule has 1 N–H and O–H groups in total. The molecule has 2 aromatic carbocycles. The summed E-state index contributed by atoms with van der Waals surface area (Å²) < 4.78 is 5.51. The monoisotopic (exact) mass is 376 g/mol. The van der Waals surface area contributed by atoms with E-state index in [1.165, 1.54) is 5.56 Å². The van der Waals surface area contributed by atoms with Crippen LogP contribution >= 0.6 is 0 Å². The third-order valence-corrected chi connectivity index (χ3v) is 5.26. The van der Waals surface area contributed by atoms with E-state index in [4.69, 9.17) is 4.74 Å². The number of amides is 1. The van der Waals surface area contributed by atoms with E-state index < -0.39 is 0 Å². The van der Waals surface area contributed by atoms with E-state index in [9.17, 15) is 4.79 Å². The van der Waals surface area contributed by atoms with Crippen molar-refractivity contribution in [1.29, 1.82) is 0 Å². The van der Waals surface area contributed by atoms with Crippen molar-refractivity contribution in [3.8, 4) is 5.75 Å².